The van der Waals surface area contributed by atoms with Gasteiger partial charge in [0.2, 0.25) is 5.91 Å². The maximum absolute atomic E-state index is 10.6. The molecule has 2 nitrogen and oxygen atoms in total. The molecule has 0 aromatic heterocycles. The quantitative estimate of drug-likeness (QED) is 0.632. The van der Waals surface area contributed by atoms with Crippen molar-refractivity contribution in [1.29, 1.82) is 0 Å². The van der Waals surface area contributed by atoms with Gasteiger partial charge in [-0.3, -0.25) is 4.79 Å². The highest BCUT2D eigenvalue weighted by atomic mass is 31.1. The van der Waals surface area contributed by atoms with Crippen molar-refractivity contribution in [3.05, 3.63) is 41.5 Å². The lowest BCUT2D eigenvalue weighted by Crippen LogP contribution is -2.05. The zero-order valence-electron chi connectivity index (χ0n) is 9.53. The number of nitrogens with two attached hydrogens (primary N) is 1. The lowest BCUT2D eigenvalue weighted by atomic mass is 9.97. The van der Waals surface area contributed by atoms with Crippen LogP contribution in [-0.2, 0) is 9.95 Å². The van der Waals surface area contributed by atoms with Crippen LogP contribution in [0.2, 0.25) is 0 Å². The standard InChI is InChI=1S/C13H16NOP/c1-9-13(2,16-9)11-6-3-10(4-7-11)5-8-12(14)15/h3-9,16H,1-2H3,(H2,14,15)/b8-5+. The zero-order chi connectivity index (χ0) is 11.8. The van der Waals surface area contributed by atoms with Crippen LogP contribution in [0, 0.1) is 0 Å². The predicted molar refractivity (Wildman–Crippen MR) is 69.8 cm³/mol. The van der Waals surface area contributed by atoms with Crippen molar-refractivity contribution in [1.82, 2.24) is 0 Å². The third-order valence-electron chi connectivity index (χ3n) is 3.25. The van der Waals surface area contributed by atoms with Gasteiger partial charge in [0.25, 0.3) is 0 Å². The molecule has 1 saturated heterocycles. The maximum atomic E-state index is 10.6. The summed E-state index contributed by atoms with van der Waals surface area (Å²) in [4.78, 5) is 10.6. The average molecular weight is 233 g/mol. The van der Waals surface area contributed by atoms with Crippen LogP contribution in [-0.4, -0.2) is 11.6 Å². The number of carbonyl (C=O) groups is 1. The molecule has 1 aliphatic rings. The summed E-state index contributed by atoms with van der Waals surface area (Å²) in [5.41, 5.74) is 8.26. The molecule has 0 radical (unpaired) electrons. The van der Waals surface area contributed by atoms with Crippen LogP contribution < -0.4 is 5.73 Å². The molecule has 1 aliphatic heterocycles. The number of hydrogen-bond donors (Lipinski definition) is 1. The van der Waals surface area contributed by atoms with Gasteiger partial charge in [-0.25, -0.2) is 0 Å². The first-order valence-corrected chi connectivity index (χ1v) is 6.46. The Morgan fingerprint density at radius 2 is 2.00 bits per heavy atom. The summed E-state index contributed by atoms with van der Waals surface area (Å²) in [6.45, 7) is 4.60. The van der Waals surface area contributed by atoms with Gasteiger partial charge in [-0.05, 0) is 22.9 Å². The SMILES string of the molecule is CC1PC1(C)c1ccc(/C=C/C(N)=O)cc1. The minimum atomic E-state index is -0.409. The van der Waals surface area contributed by atoms with Crippen LogP contribution in [0.1, 0.15) is 25.0 Å². The van der Waals surface area contributed by atoms with Gasteiger partial charge in [0.15, 0.2) is 0 Å². The van der Waals surface area contributed by atoms with Gasteiger partial charge >= 0.3 is 0 Å². The van der Waals surface area contributed by atoms with E-state index in [2.05, 4.69) is 26.0 Å². The smallest absolute Gasteiger partial charge is 0.241 e. The van der Waals surface area contributed by atoms with E-state index in [1.54, 1.807) is 6.08 Å². The van der Waals surface area contributed by atoms with E-state index in [1.165, 1.54) is 11.6 Å². The molecule has 3 atom stereocenters. The van der Waals surface area contributed by atoms with Gasteiger partial charge in [-0.1, -0.05) is 38.1 Å². The Kier molecular flexibility index (Phi) is 2.86. The molecule has 2 rings (SSSR count). The summed E-state index contributed by atoms with van der Waals surface area (Å²) in [5.74, 6) is -0.409. The molecule has 0 saturated carbocycles. The normalized spacial score (nSPS) is 29.8. The zero-order valence-corrected chi connectivity index (χ0v) is 10.5. The van der Waals surface area contributed by atoms with Crippen LogP contribution >= 0.6 is 8.58 Å². The Labute approximate surface area is 97.7 Å². The van der Waals surface area contributed by atoms with E-state index in [0.29, 0.717) is 5.16 Å². The topological polar surface area (TPSA) is 43.1 Å². The fourth-order valence-electron chi connectivity index (χ4n) is 1.86. The Morgan fingerprint density at radius 3 is 2.44 bits per heavy atom. The highest BCUT2D eigenvalue weighted by Crippen LogP contribution is 2.66. The molecule has 16 heavy (non-hydrogen) atoms. The Balaban J connectivity index is 2.14. The van der Waals surface area contributed by atoms with Gasteiger partial charge < -0.3 is 5.73 Å². The molecular weight excluding hydrogens is 217 g/mol. The second-order valence-electron chi connectivity index (χ2n) is 4.43. The molecule has 0 spiro atoms. The van der Waals surface area contributed by atoms with E-state index < -0.39 is 5.91 Å². The van der Waals surface area contributed by atoms with Crippen LogP contribution in [0.5, 0.6) is 0 Å². The van der Waals surface area contributed by atoms with Crippen LogP contribution in [0.4, 0.5) is 0 Å². The van der Waals surface area contributed by atoms with Crippen molar-refractivity contribution >= 4 is 20.6 Å². The molecule has 2 N–H and O–H groups in total. The van der Waals surface area contributed by atoms with Crippen LogP contribution in [0.15, 0.2) is 30.3 Å². The molecule has 0 bridgehead atoms. The third-order valence-corrected chi connectivity index (χ3v) is 5.27. The molecule has 0 aliphatic carbocycles. The van der Waals surface area contributed by atoms with Crippen molar-refractivity contribution in [3.63, 3.8) is 0 Å². The average Bonchev–Trinajstić information content (AvgIpc) is 2.86. The molecule has 1 aromatic rings. The fraction of sp³-hybridized carbons (Fsp3) is 0.308. The van der Waals surface area contributed by atoms with E-state index in [4.69, 9.17) is 5.73 Å². The molecule has 3 unspecified atom stereocenters. The second kappa shape index (κ2) is 4.03. The summed E-state index contributed by atoms with van der Waals surface area (Å²) in [6.07, 6.45) is 3.13. The van der Waals surface area contributed by atoms with Crippen LogP contribution in [0.25, 0.3) is 6.08 Å². The second-order valence-corrected chi connectivity index (χ2v) is 6.62. The van der Waals surface area contributed by atoms with E-state index in [1.807, 2.05) is 12.1 Å². The summed E-state index contributed by atoms with van der Waals surface area (Å²) in [6, 6.07) is 8.37. The van der Waals surface area contributed by atoms with Crippen molar-refractivity contribution < 1.29 is 4.79 Å². The Hall–Kier alpha value is -1.14. The Bertz CT molecular complexity index is 438. The first kappa shape index (κ1) is 11.3. The first-order valence-electron chi connectivity index (χ1n) is 5.38. The highest BCUT2D eigenvalue weighted by molar-refractivity contribution is 7.49. The highest BCUT2D eigenvalue weighted by Gasteiger charge is 2.47. The summed E-state index contributed by atoms with van der Waals surface area (Å²) < 4.78 is 0. The minimum Gasteiger partial charge on any atom is -0.366 e. The van der Waals surface area contributed by atoms with Gasteiger partial charge in [-0.15, -0.1) is 8.58 Å². The minimum absolute atomic E-state index is 0.395. The van der Waals surface area contributed by atoms with Crippen molar-refractivity contribution in [2.75, 3.05) is 0 Å². The van der Waals surface area contributed by atoms with E-state index in [0.717, 1.165) is 19.8 Å². The largest absolute Gasteiger partial charge is 0.366 e. The molecule has 1 heterocycles. The van der Waals surface area contributed by atoms with Gasteiger partial charge in [0.05, 0.1) is 0 Å². The number of amides is 1. The van der Waals surface area contributed by atoms with E-state index in [-0.39, 0.29) is 0 Å². The Morgan fingerprint density at radius 1 is 1.44 bits per heavy atom. The van der Waals surface area contributed by atoms with E-state index >= 15 is 0 Å². The number of carbonyl (C=O) groups excluding carboxylic acids is 1. The molecule has 84 valence electrons. The van der Waals surface area contributed by atoms with Gasteiger partial charge in [0, 0.05) is 11.2 Å². The monoisotopic (exact) mass is 233 g/mol. The summed E-state index contributed by atoms with van der Waals surface area (Å²) in [7, 11) is 1.03. The maximum Gasteiger partial charge on any atom is 0.241 e. The molecule has 1 fully saturated rings. The summed E-state index contributed by atoms with van der Waals surface area (Å²) >= 11 is 0. The lowest BCUT2D eigenvalue weighted by Gasteiger charge is -2.09. The molecule has 1 aromatic carbocycles. The number of rotatable bonds is 3. The molecule has 3 heteroatoms. The number of hydrogen-bond acceptors (Lipinski definition) is 1. The van der Waals surface area contributed by atoms with Gasteiger partial charge in [-0.2, -0.15) is 0 Å². The predicted octanol–water partition coefficient (Wildman–Crippen LogP) is 2.48. The summed E-state index contributed by atoms with van der Waals surface area (Å²) in [5, 5.41) is 0.395. The molecular formula is C13H16NOP. The van der Waals surface area contributed by atoms with Crippen LogP contribution in [0.3, 0.4) is 0 Å². The number of primary amides is 1. The van der Waals surface area contributed by atoms with Crippen molar-refractivity contribution in [2.45, 2.75) is 24.7 Å². The van der Waals surface area contributed by atoms with Gasteiger partial charge in [0.1, 0.15) is 0 Å². The third kappa shape index (κ3) is 2.17. The molecule has 1 amide bonds. The van der Waals surface area contributed by atoms with Crippen molar-refractivity contribution in [3.8, 4) is 0 Å². The lowest BCUT2D eigenvalue weighted by molar-refractivity contribution is -0.113. The first-order chi connectivity index (χ1) is 7.52. The number of benzene rings is 1. The van der Waals surface area contributed by atoms with E-state index in [9.17, 15) is 4.79 Å². The van der Waals surface area contributed by atoms with Crippen molar-refractivity contribution in [2.24, 2.45) is 5.73 Å². The fourth-order valence-corrected chi connectivity index (χ4v) is 3.18.